The Kier molecular flexibility index (Phi) is 4.30. The van der Waals surface area contributed by atoms with Crippen molar-refractivity contribution in [3.8, 4) is 0 Å². The average molecular weight is 296 g/mol. The van der Waals surface area contributed by atoms with Crippen LogP contribution < -0.4 is 11.1 Å². The molecule has 0 saturated carbocycles. The van der Waals surface area contributed by atoms with Gasteiger partial charge >= 0.3 is 6.18 Å². The van der Waals surface area contributed by atoms with Gasteiger partial charge in [0.2, 0.25) is 0 Å². The maximum atomic E-state index is 12.7. The van der Waals surface area contributed by atoms with Crippen molar-refractivity contribution >= 4 is 17.3 Å². The number of nitrogens with one attached hydrogen (secondary N) is 1. The van der Waals surface area contributed by atoms with Crippen molar-refractivity contribution in [2.75, 3.05) is 11.1 Å². The van der Waals surface area contributed by atoms with E-state index in [-0.39, 0.29) is 0 Å². The predicted octanol–water partition coefficient (Wildman–Crippen LogP) is 3.77. The third-order valence-electron chi connectivity index (χ3n) is 2.93. The quantitative estimate of drug-likeness (QED) is 0.901. The Morgan fingerprint density at radius 1 is 1.24 bits per heavy atom. The highest BCUT2D eigenvalue weighted by atomic mass is 19.4. The first-order valence-electron chi connectivity index (χ1n) is 6.45. The minimum Gasteiger partial charge on any atom is -0.383 e. The highest BCUT2D eigenvalue weighted by Gasteiger charge is 2.30. The Bertz CT molecular complexity index is 626. The average Bonchev–Trinajstić information content (AvgIpc) is 2.42. The van der Waals surface area contributed by atoms with Crippen LogP contribution in [0, 0.1) is 0 Å². The summed E-state index contributed by atoms with van der Waals surface area (Å²) < 4.78 is 38.1. The molecule has 1 heterocycles. The summed E-state index contributed by atoms with van der Waals surface area (Å²) in [6, 6.07) is 4.94. The van der Waals surface area contributed by atoms with E-state index < -0.39 is 11.7 Å². The molecular formula is C14H15F3N4. The van der Waals surface area contributed by atoms with Gasteiger partial charge in [-0.25, -0.2) is 9.97 Å². The lowest BCUT2D eigenvalue weighted by molar-refractivity contribution is -0.137. The van der Waals surface area contributed by atoms with E-state index in [1.165, 1.54) is 12.4 Å². The van der Waals surface area contributed by atoms with E-state index in [1.54, 1.807) is 6.07 Å². The van der Waals surface area contributed by atoms with Crippen molar-refractivity contribution in [1.82, 2.24) is 9.97 Å². The van der Waals surface area contributed by atoms with Crippen LogP contribution in [-0.4, -0.2) is 9.97 Å². The van der Waals surface area contributed by atoms with Crippen LogP contribution >= 0.6 is 0 Å². The molecule has 0 unspecified atom stereocenters. The molecule has 112 valence electrons. The molecule has 0 atom stereocenters. The third-order valence-corrected chi connectivity index (χ3v) is 2.93. The smallest absolute Gasteiger partial charge is 0.383 e. The van der Waals surface area contributed by atoms with Gasteiger partial charge in [-0.2, -0.15) is 13.2 Å². The van der Waals surface area contributed by atoms with E-state index in [2.05, 4.69) is 15.3 Å². The van der Waals surface area contributed by atoms with E-state index in [0.717, 1.165) is 18.6 Å². The molecule has 2 aromatic rings. The number of anilines is 3. The topological polar surface area (TPSA) is 63.8 Å². The van der Waals surface area contributed by atoms with Gasteiger partial charge in [0.1, 0.15) is 18.0 Å². The fourth-order valence-corrected chi connectivity index (χ4v) is 1.94. The van der Waals surface area contributed by atoms with Gasteiger partial charge in [0, 0.05) is 11.3 Å². The molecule has 0 aliphatic rings. The van der Waals surface area contributed by atoms with Gasteiger partial charge in [0.15, 0.2) is 0 Å². The van der Waals surface area contributed by atoms with Gasteiger partial charge in [-0.05, 0) is 24.6 Å². The van der Waals surface area contributed by atoms with Crippen LogP contribution in [0.25, 0.3) is 0 Å². The predicted molar refractivity (Wildman–Crippen MR) is 75.2 cm³/mol. The molecule has 0 aliphatic carbocycles. The standard InChI is InChI=1S/C14H15F3N4/c1-2-4-11-12(18)19-8-20-13(11)21-10-6-3-5-9(7-10)14(15,16)17/h3,5-8H,2,4H2,1H3,(H3,18,19,20,21). The molecule has 7 heteroatoms. The second-order valence-electron chi connectivity index (χ2n) is 4.54. The monoisotopic (exact) mass is 296 g/mol. The first kappa shape index (κ1) is 15.1. The SMILES string of the molecule is CCCc1c(N)ncnc1Nc1cccc(C(F)(F)F)c1. The van der Waals surface area contributed by atoms with Gasteiger partial charge in [0.25, 0.3) is 0 Å². The molecule has 21 heavy (non-hydrogen) atoms. The number of aromatic nitrogens is 2. The third kappa shape index (κ3) is 3.62. The molecule has 1 aromatic heterocycles. The minimum absolute atomic E-state index is 0.306. The Labute approximate surface area is 120 Å². The number of halogens is 3. The maximum absolute atomic E-state index is 12.7. The number of nitrogens with two attached hydrogens (primary N) is 1. The van der Waals surface area contributed by atoms with Gasteiger partial charge in [-0.3, -0.25) is 0 Å². The van der Waals surface area contributed by atoms with Crippen LogP contribution in [0.5, 0.6) is 0 Å². The number of rotatable bonds is 4. The van der Waals surface area contributed by atoms with Crippen LogP contribution in [0.15, 0.2) is 30.6 Å². The Morgan fingerprint density at radius 2 is 2.00 bits per heavy atom. The summed E-state index contributed by atoms with van der Waals surface area (Å²) in [5.74, 6) is 0.769. The van der Waals surface area contributed by atoms with Crippen molar-refractivity contribution in [3.05, 3.63) is 41.7 Å². The molecule has 0 aliphatic heterocycles. The fraction of sp³-hybridized carbons (Fsp3) is 0.286. The van der Waals surface area contributed by atoms with Crippen LogP contribution in [0.2, 0.25) is 0 Å². The van der Waals surface area contributed by atoms with Crippen molar-refractivity contribution in [2.24, 2.45) is 0 Å². The van der Waals surface area contributed by atoms with Crippen LogP contribution in [0.1, 0.15) is 24.5 Å². The van der Waals surface area contributed by atoms with Gasteiger partial charge in [-0.15, -0.1) is 0 Å². The second-order valence-corrected chi connectivity index (χ2v) is 4.54. The van der Waals surface area contributed by atoms with E-state index in [4.69, 9.17) is 5.73 Å². The Balaban J connectivity index is 2.33. The summed E-state index contributed by atoms with van der Waals surface area (Å²) >= 11 is 0. The number of alkyl halides is 3. The van der Waals surface area contributed by atoms with Crippen LogP contribution in [0.3, 0.4) is 0 Å². The molecule has 0 saturated heterocycles. The zero-order valence-corrected chi connectivity index (χ0v) is 11.4. The number of nitrogen functional groups attached to an aromatic ring is 1. The maximum Gasteiger partial charge on any atom is 0.416 e. The normalized spacial score (nSPS) is 11.4. The molecule has 2 rings (SSSR count). The number of benzene rings is 1. The van der Waals surface area contributed by atoms with Gasteiger partial charge in [-0.1, -0.05) is 19.4 Å². The second kappa shape index (κ2) is 5.99. The van der Waals surface area contributed by atoms with Gasteiger partial charge in [0.05, 0.1) is 5.56 Å². The summed E-state index contributed by atoms with van der Waals surface area (Å²) in [4.78, 5) is 7.97. The first-order valence-corrected chi connectivity index (χ1v) is 6.45. The molecule has 0 spiro atoms. The van der Waals surface area contributed by atoms with E-state index in [0.29, 0.717) is 29.3 Å². The van der Waals surface area contributed by atoms with E-state index >= 15 is 0 Å². The van der Waals surface area contributed by atoms with Crippen molar-refractivity contribution in [2.45, 2.75) is 25.9 Å². The zero-order chi connectivity index (χ0) is 15.5. The summed E-state index contributed by atoms with van der Waals surface area (Å²) in [7, 11) is 0. The lowest BCUT2D eigenvalue weighted by atomic mass is 10.1. The lowest BCUT2D eigenvalue weighted by Crippen LogP contribution is -2.07. The molecular weight excluding hydrogens is 281 g/mol. The zero-order valence-electron chi connectivity index (χ0n) is 11.4. The number of hydrogen-bond donors (Lipinski definition) is 2. The van der Waals surface area contributed by atoms with Gasteiger partial charge < -0.3 is 11.1 Å². The number of hydrogen-bond acceptors (Lipinski definition) is 4. The van der Waals surface area contributed by atoms with Crippen LogP contribution in [0.4, 0.5) is 30.5 Å². The Hall–Kier alpha value is -2.31. The van der Waals surface area contributed by atoms with E-state index in [9.17, 15) is 13.2 Å². The highest BCUT2D eigenvalue weighted by Crippen LogP contribution is 2.32. The summed E-state index contributed by atoms with van der Waals surface area (Å²) in [6.45, 7) is 1.97. The largest absolute Gasteiger partial charge is 0.416 e. The molecule has 0 radical (unpaired) electrons. The highest BCUT2D eigenvalue weighted by molar-refractivity contribution is 5.64. The van der Waals surface area contributed by atoms with E-state index in [1.807, 2.05) is 6.92 Å². The summed E-state index contributed by atoms with van der Waals surface area (Å²) in [5, 5.41) is 2.88. The Morgan fingerprint density at radius 3 is 2.67 bits per heavy atom. The van der Waals surface area contributed by atoms with Crippen molar-refractivity contribution < 1.29 is 13.2 Å². The lowest BCUT2D eigenvalue weighted by Gasteiger charge is -2.13. The van der Waals surface area contributed by atoms with Crippen LogP contribution in [-0.2, 0) is 12.6 Å². The molecule has 0 fully saturated rings. The van der Waals surface area contributed by atoms with Crippen molar-refractivity contribution in [3.63, 3.8) is 0 Å². The summed E-state index contributed by atoms with van der Waals surface area (Å²) in [5.41, 5.74) is 6.08. The molecule has 0 amide bonds. The first-order chi connectivity index (χ1) is 9.91. The molecule has 3 N–H and O–H groups in total. The summed E-state index contributed by atoms with van der Waals surface area (Å²) in [6.07, 6.45) is -1.62. The number of nitrogens with zero attached hydrogens (tertiary/aromatic N) is 2. The van der Waals surface area contributed by atoms with Crippen molar-refractivity contribution in [1.29, 1.82) is 0 Å². The molecule has 4 nitrogen and oxygen atoms in total. The fourth-order valence-electron chi connectivity index (χ4n) is 1.94. The molecule has 1 aromatic carbocycles. The molecule has 0 bridgehead atoms. The minimum atomic E-state index is -4.38.